The molecule has 3 aromatic rings. The first-order valence-corrected chi connectivity index (χ1v) is 8.68. The molecule has 128 valence electrons. The van der Waals surface area contributed by atoms with Gasteiger partial charge in [0.25, 0.3) is 0 Å². The molecule has 0 saturated carbocycles. The summed E-state index contributed by atoms with van der Waals surface area (Å²) in [5, 5.41) is 9.02. The van der Waals surface area contributed by atoms with Crippen LogP contribution in [0, 0.1) is 0 Å². The molecule has 2 aromatic heterocycles. The maximum atomic E-state index is 4.56. The van der Waals surface area contributed by atoms with Gasteiger partial charge in [0.05, 0.1) is 37.1 Å². The molecule has 0 radical (unpaired) electrons. The van der Waals surface area contributed by atoms with E-state index < -0.39 is 0 Å². The molecule has 0 aliphatic carbocycles. The first-order chi connectivity index (χ1) is 12.8. The number of rotatable bonds is 3. The molecule has 0 bridgehead atoms. The van der Waals surface area contributed by atoms with Crippen molar-refractivity contribution in [1.29, 1.82) is 0 Å². The van der Waals surface area contributed by atoms with Gasteiger partial charge in [0.15, 0.2) is 5.84 Å². The number of hydrogen-bond acceptors (Lipinski definition) is 5. The lowest BCUT2D eigenvalue weighted by molar-refractivity contribution is 0.752. The Morgan fingerprint density at radius 2 is 2.12 bits per heavy atom. The Kier molecular flexibility index (Phi) is 3.41. The Morgan fingerprint density at radius 1 is 1.15 bits per heavy atom. The zero-order valence-corrected chi connectivity index (χ0v) is 14.5. The third kappa shape index (κ3) is 2.60. The highest BCUT2D eigenvalue weighted by Crippen LogP contribution is 2.22. The number of aliphatic imine (C=N–C) groups is 2. The van der Waals surface area contributed by atoms with Gasteiger partial charge in [0, 0.05) is 22.8 Å². The van der Waals surface area contributed by atoms with Crippen LogP contribution in [0.1, 0.15) is 18.2 Å². The van der Waals surface area contributed by atoms with Gasteiger partial charge in [-0.05, 0) is 37.3 Å². The van der Waals surface area contributed by atoms with Gasteiger partial charge < -0.3 is 5.32 Å². The second-order valence-electron chi connectivity index (χ2n) is 6.68. The lowest BCUT2D eigenvalue weighted by Gasteiger charge is -2.08. The molecule has 1 N–H and O–H groups in total. The Labute approximate surface area is 151 Å². The maximum absolute atomic E-state index is 4.56. The van der Waals surface area contributed by atoms with Gasteiger partial charge >= 0.3 is 0 Å². The summed E-state index contributed by atoms with van der Waals surface area (Å²) in [7, 11) is 0. The number of nitrogens with zero attached hydrogens (tertiary/aromatic N) is 5. The van der Waals surface area contributed by atoms with Gasteiger partial charge in [-0.2, -0.15) is 5.10 Å². The van der Waals surface area contributed by atoms with E-state index in [-0.39, 0.29) is 0 Å². The van der Waals surface area contributed by atoms with Gasteiger partial charge in [-0.15, -0.1) is 0 Å². The molecular formula is C20H18N6. The zero-order valence-electron chi connectivity index (χ0n) is 14.5. The molecule has 26 heavy (non-hydrogen) atoms. The van der Waals surface area contributed by atoms with Crippen LogP contribution in [0.5, 0.6) is 0 Å². The zero-order chi connectivity index (χ0) is 17.5. The topological polar surface area (TPSA) is 67.5 Å². The average molecular weight is 342 g/mol. The summed E-state index contributed by atoms with van der Waals surface area (Å²) in [5.74, 6) is 0.827. The lowest BCUT2D eigenvalue weighted by atomic mass is 10.2. The second-order valence-corrected chi connectivity index (χ2v) is 6.68. The molecule has 0 saturated heterocycles. The summed E-state index contributed by atoms with van der Waals surface area (Å²) in [6.07, 6.45) is 5.85. The van der Waals surface area contributed by atoms with Crippen molar-refractivity contribution in [3.8, 4) is 0 Å². The molecule has 0 unspecified atom stereocenters. The van der Waals surface area contributed by atoms with Crippen molar-refractivity contribution in [2.45, 2.75) is 20.0 Å². The lowest BCUT2D eigenvalue weighted by Crippen LogP contribution is -2.13. The van der Waals surface area contributed by atoms with E-state index in [9.17, 15) is 0 Å². The van der Waals surface area contributed by atoms with E-state index in [0.29, 0.717) is 13.1 Å². The Morgan fingerprint density at radius 3 is 3.00 bits per heavy atom. The minimum absolute atomic E-state index is 0.681. The average Bonchev–Trinajstić information content (AvgIpc) is 3.36. The molecule has 0 amide bonds. The van der Waals surface area contributed by atoms with E-state index in [1.165, 1.54) is 5.57 Å². The standard InChI is InChI=1S/C20H18N6/c1-13-7-17(22-9-13)12-26-18-5-4-16(8-15(18)11-24-26)25-20-19-14(10-23-20)3-2-6-21-19/h2-8,11H,9-10,12H2,1H3,(H,23,25). The number of aromatic nitrogens is 3. The van der Waals surface area contributed by atoms with Crippen molar-refractivity contribution >= 4 is 28.1 Å². The summed E-state index contributed by atoms with van der Waals surface area (Å²) >= 11 is 0. The number of fused-ring (bicyclic) bond motifs is 2. The third-order valence-electron chi connectivity index (χ3n) is 4.68. The molecule has 6 nitrogen and oxygen atoms in total. The smallest absolute Gasteiger partial charge is 0.152 e. The van der Waals surface area contributed by atoms with Gasteiger partial charge in [0.2, 0.25) is 0 Å². The van der Waals surface area contributed by atoms with Crippen molar-refractivity contribution in [2.75, 3.05) is 11.9 Å². The van der Waals surface area contributed by atoms with Crippen LogP contribution in [0.25, 0.3) is 10.9 Å². The number of anilines is 1. The van der Waals surface area contributed by atoms with Gasteiger partial charge in [-0.1, -0.05) is 11.6 Å². The first-order valence-electron chi connectivity index (χ1n) is 8.68. The summed E-state index contributed by atoms with van der Waals surface area (Å²) in [6.45, 7) is 4.30. The normalized spacial score (nSPS) is 15.7. The number of benzene rings is 1. The minimum Gasteiger partial charge on any atom is -0.339 e. The molecule has 6 heteroatoms. The highest BCUT2D eigenvalue weighted by atomic mass is 15.3. The fourth-order valence-electron chi connectivity index (χ4n) is 3.40. The van der Waals surface area contributed by atoms with Crippen LogP contribution in [-0.2, 0) is 13.1 Å². The third-order valence-corrected chi connectivity index (χ3v) is 4.68. The Bertz CT molecular complexity index is 1100. The van der Waals surface area contributed by atoms with Crippen LogP contribution in [0.3, 0.4) is 0 Å². The van der Waals surface area contributed by atoms with Crippen LogP contribution in [0.4, 0.5) is 5.69 Å². The van der Waals surface area contributed by atoms with E-state index in [4.69, 9.17) is 0 Å². The van der Waals surface area contributed by atoms with E-state index in [1.54, 1.807) is 6.20 Å². The number of amidine groups is 1. The van der Waals surface area contributed by atoms with Crippen molar-refractivity contribution in [3.63, 3.8) is 0 Å². The number of hydrogen-bond donors (Lipinski definition) is 1. The van der Waals surface area contributed by atoms with Crippen molar-refractivity contribution in [2.24, 2.45) is 9.98 Å². The highest BCUT2D eigenvalue weighted by molar-refractivity contribution is 6.09. The molecule has 0 fully saturated rings. The van der Waals surface area contributed by atoms with Crippen molar-refractivity contribution < 1.29 is 0 Å². The predicted octanol–water partition coefficient (Wildman–Crippen LogP) is 3.20. The number of nitrogens with one attached hydrogen (secondary N) is 1. The largest absolute Gasteiger partial charge is 0.339 e. The molecule has 2 aliphatic heterocycles. The van der Waals surface area contributed by atoms with E-state index in [2.05, 4.69) is 62.6 Å². The van der Waals surface area contributed by atoms with Gasteiger partial charge in [0.1, 0.15) is 5.69 Å². The number of allylic oxidation sites excluding steroid dienone is 1. The molecule has 0 atom stereocenters. The fourth-order valence-corrected chi connectivity index (χ4v) is 3.40. The van der Waals surface area contributed by atoms with Gasteiger partial charge in [-0.25, -0.2) is 0 Å². The molecule has 1 aromatic carbocycles. The summed E-state index contributed by atoms with van der Waals surface area (Å²) in [5.41, 5.74) is 6.56. The summed E-state index contributed by atoms with van der Waals surface area (Å²) in [4.78, 5) is 13.5. The first kappa shape index (κ1) is 15.0. The second kappa shape index (κ2) is 5.91. The van der Waals surface area contributed by atoms with Crippen molar-refractivity contribution in [1.82, 2.24) is 14.8 Å². The molecule has 0 spiro atoms. The summed E-state index contributed by atoms with van der Waals surface area (Å²) in [6, 6.07) is 10.3. The fraction of sp³-hybridized carbons (Fsp3) is 0.200. The predicted molar refractivity (Wildman–Crippen MR) is 104 cm³/mol. The SMILES string of the molecule is CC1=CC(Cn2ncc3cc(NC4=NCc5cccnc54)ccc32)=NC1. The maximum Gasteiger partial charge on any atom is 0.152 e. The Hall–Kier alpha value is -3.28. The van der Waals surface area contributed by atoms with Crippen LogP contribution >= 0.6 is 0 Å². The minimum atomic E-state index is 0.681. The summed E-state index contributed by atoms with van der Waals surface area (Å²) < 4.78 is 2.00. The highest BCUT2D eigenvalue weighted by Gasteiger charge is 2.17. The van der Waals surface area contributed by atoms with Crippen LogP contribution in [0.15, 0.2) is 64.4 Å². The van der Waals surface area contributed by atoms with E-state index in [1.807, 2.05) is 16.9 Å². The van der Waals surface area contributed by atoms with Gasteiger partial charge in [-0.3, -0.25) is 19.7 Å². The quantitative estimate of drug-likeness (QED) is 0.795. The molecule has 5 rings (SSSR count). The molecule has 2 aliphatic rings. The van der Waals surface area contributed by atoms with E-state index >= 15 is 0 Å². The van der Waals surface area contributed by atoms with Crippen LogP contribution < -0.4 is 5.32 Å². The van der Waals surface area contributed by atoms with Crippen LogP contribution in [-0.4, -0.2) is 32.9 Å². The molecule has 4 heterocycles. The van der Waals surface area contributed by atoms with Crippen LogP contribution in [0.2, 0.25) is 0 Å². The monoisotopic (exact) mass is 342 g/mol. The Balaban J connectivity index is 1.40. The van der Waals surface area contributed by atoms with E-state index in [0.717, 1.165) is 45.9 Å². The van der Waals surface area contributed by atoms with Crippen molar-refractivity contribution in [3.05, 3.63) is 65.6 Å². The number of pyridine rings is 1. The molecular weight excluding hydrogens is 324 g/mol.